The number of ether oxygens (including phenoxy) is 1. The molecule has 0 spiro atoms. The fourth-order valence-corrected chi connectivity index (χ4v) is 3.77. The number of carbonyl (C=O) groups is 1. The number of anilines is 2. The lowest BCUT2D eigenvalue weighted by atomic mass is 10.2. The van der Waals surface area contributed by atoms with Gasteiger partial charge in [0.25, 0.3) is 5.91 Å². The summed E-state index contributed by atoms with van der Waals surface area (Å²) < 4.78 is 31.9. The van der Waals surface area contributed by atoms with Gasteiger partial charge in [-0.15, -0.1) is 0 Å². The molecule has 1 N–H and O–H groups in total. The molecular formula is C16H14BrClN2O4S. The molecule has 1 heterocycles. The molecule has 3 rings (SSSR count). The Bertz CT molecular complexity index is 918. The van der Waals surface area contributed by atoms with Gasteiger partial charge < -0.3 is 10.1 Å². The number of sulfonamides is 1. The summed E-state index contributed by atoms with van der Waals surface area (Å²) in [6, 6.07) is 11.7. The predicted octanol–water partition coefficient (Wildman–Crippen LogP) is 3.27. The van der Waals surface area contributed by atoms with Crippen LogP contribution in [0.25, 0.3) is 0 Å². The minimum Gasteiger partial charge on any atom is -0.476 e. The summed E-state index contributed by atoms with van der Waals surface area (Å²) in [7, 11) is -3.59. The van der Waals surface area contributed by atoms with Gasteiger partial charge in [0.1, 0.15) is 5.75 Å². The number of hydrogen-bond acceptors (Lipinski definition) is 4. The van der Waals surface area contributed by atoms with Crippen molar-refractivity contribution < 1.29 is 17.9 Å². The molecule has 2 aromatic rings. The maximum atomic E-state index is 12.5. The fraction of sp³-hybridized carbons (Fsp3) is 0.188. The summed E-state index contributed by atoms with van der Waals surface area (Å²) in [5.74, 6) is -0.145. The smallest absolute Gasteiger partial charge is 0.267 e. The first kappa shape index (κ1) is 18.0. The Morgan fingerprint density at radius 3 is 2.60 bits per heavy atom. The van der Waals surface area contributed by atoms with E-state index in [1.165, 1.54) is 6.07 Å². The molecule has 2 aromatic carbocycles. The van der Waals surface area contributed by atoms with Crippen LogP contribution in [0.2, 0.25) is 5.02 Å². The molecule has 1 atom stereocenters. The van der Waals surface area contributed by atoms with Gasteiger partial charge in [-0.3, -0.25) is 9.10 Å². The SMILES string of the molecule is CS(=O)(=O)N1C[C@H](C(=O)Nc2ccc(Br)cc2)Oc2ccc(Cl)cc21. The molecule has 1 aliphatic heterocycles. The molecule has 0 saturated heterocycles. The monoisotopic (exact) mass is 444 g/mol. The maximum absolute atomic E-state index is 12.5. The van der Waals surface area contributed by atoms with E-state index in [-0.39, 0.29) is 12.3 Å². The normalized spacial score (nSPS) is 16.8. The Hall–Kier alpha value is -1.77. The summed E-state index contributed by atoms with van der Waals surface area (Å²) in [6.45, 7) is -0.130. The highest BCUT2D eigenvalue weighted by atomic mass is 79.9. The van der Waals surface area contributed by atoms with E-state index in [4.69, 9.17) is 16.3 Å². The lowest BCUT2D eigenvalue weighted by Crippen LogP contribution is -2.48. The Morgan fingerprint density at radius 1 is 1.28 bits per heavy atom. The lowest BCUT2D eigenvalue weighted by Gasteiger charge is -2.34. The highest BCUT2D eigenvalue weighted by molar-refractivity contribution is 9.10. The van der Waals surface area contributed by atoms with Gasteiger partial charge in [0.05, 0.1) is 18.5 Å². The van der Waals surface area contributed by atoms with Crippen LogP contribution < -0.4 is 14.4 Å². The molecule has 132 valence electrons. The number of nitrogens with one attached hydrogen (secondary N) is 1. The molecule has 9 heteroatoms. The van der Waals surface area contributed by atoms with Gasteiger partial charge in [0, 0.05) is 15.2 Å². The molecule has 1 amide bonds. The Balaban J connectivity index is 1.87. The van der Waals surface area contributed by atoms with Crippen LogP contribution >= 0.6 is 27.5 Å². The largest absolute Gasteiger partial charge is 0.476 e. The van der Waals surface area contributed by atoms with Crippen LogP contribution in [-0.2, 0) is 14.8 Å². The first-order chi connectivity index (χ1) is 11.7. The van der Waals surface area contributed by atoms with Crippen LogP contribution in [0.1, 0.15) is 0 Å². The number of benzene rings is 2. The molecule has 0 saturated carbocycles. The van der Waals surface area contributed by atoms with Crippen LogP contribution in [0, 0.1) is 0 Å². The van der Waals surface area contributed by atoms with Crippen molar-refractivity contribution >= 4 is 54.8 Å². The molecule has 25 heavy (non-hydrogen) atoms. The molecule has 0 aromatic heterocycles. The second-order valence-corrected chi connectivity index (χ2v) is 8.77. The summed E-state index contributed by atoms with van der Waals surface area (Å²) in [6.07, 6.45) is 0.0965. The van der Waals surface area contributed by atoms with Crippen molar-refractivity contribution in [2.24, 2.45) is 0 Å². The number of rotatable bonds is 3. The summed E-state index contributed by atoms with van der Waals surface area (Å²) in [5.41, 5.74) is 0.910. The van der Waals surface area contributed by atoms with Crippen molar-refractivity contribution in [3.05, 3.63) is 52.0 Å². The van der Waals surface area contributed by atoms with Gasteiger partial charge in [-0.1, -0.05) is 27.5 Å². The quantitative estimate of drug-likeness (QED) is 0.787. The van der Waals surface area contributed by atoms with Gasteiger partial charge in [-0.2, -0.15) is 0 Å². The molecule has 0 fully saturated rings. The van der Waals surface area contributed by atoms with E-state index in [0.29, 0.717) is 16.4 Å². The number of nitrogens with zero attached hydrogens (tertiary/aromatic N) is 1. The minimum atomic E-state index is -3.59. The first-order valence-corrected chi connectivity index (χ1v) is 10.3. The van der Waals surface area contributed by atoms with Gasteiger partial charge in [0.15, 0.2) is 6.10 Å². The summed E-state index contributed by atoms with van der Waals surface area (Å²) in [5, 5.41) is 3.10. The molecular weight excluding hydrogens is 432 g/mol. The van der Waals surface area contributed by atoms with E-state index in [2.05, 4.69) is 21.2 Å². The molecule has 0 unspecified atom stereocenters. The van der Waals surface area contributed by atoms with E-state index < -0.39 is 22.0 Å². The van der Waals surface area contributed by atoms with E-state index in [0.717, 1.165) is 15.0 Å². The average molecular weight is 446 g/mol. The number of hydrogen-bond donors (Lipinski definition) is 1. The van der Waals surface area contributed by atoms with Gasteiger partial charge in [-0.25, -0.2) is 8.42 Å². The zero-order valence-electron chi connectivity index (χ0n) is 13.1. The van der Waals surface area contributed by atoms with Crippen molar-refractivity contribution in [1.29, 1.82) is 0 Å². The van der Waals surface area contributed by atoms with Crippen molar-refractivity contribution in [3.63, 3.8) is 0 Å². The fourth-order valence-electron chi connectivity index (χ4n) is 2.43. The van der Waals surface area contributed by atoms with E-state index in [9.17, 15) is 13.2 Å². The zero-order valence-corrected chi connectivity index (χ0v) is 16.2. The van der Waals surface area contributed by atoms with Crippen LogP contribution in [-0.4, -0.2) is 33.2 Å². The Morgan fingerprint density at radius 2 is 1.96 bits per heavy atom. The van der Waals surface area contributed by atoms with Gasteiger partial charge >= 0.3 is 0 Å². The number of amides is 1. The van der Waals surface area contributed by atoms with Crippen LogP contribution in [0.4, 0.5) is 11.4 Å². The van der Waals surface area contributed by atoms with E-state index in [1.807, 2.05) is 0 Å². The first-order valence-electron chi connectivity index (χ1n) is 7.24. The van der Waals surface area contributed by atoms with Gasteiger partial charge in [-0.05, 0) is 42.5 Å². The van der Waals surface area contributed by atoms with Crippen LogP contribution in [0.3, 0.4) is 0 Å². The Kier molecular flexibility index (Phi) is 4.95. The topological polar surface area (TPSA) is 75.7 Å². The predicted molar refractivity (Wildman–Crippen MR) is 101 cm³/mol. The maximum Gasteiger partial charge on any atom is 0.267 e. The summed E-state index contributed by atoms with van der Waals surface area (Å²) >= 11 is 9.27. The van der Waals surface area contributed by atoms with Gasteiger partial charge in [0.2, 0.25) is 10.0 Å². The average Bonchev–Trinajstić information content (AvgIpc) is 2.55. The van der Waals surface area contributed by atoms with Crippen LogP contribution in [0.5, 0.6) is 5.75 Å². The van der Waals surface area contributed by atoms with Crippen molar-refractivity contribution in [2.45, 2.75) is 6.10 Å². The van der Waals surface area contributed by atoms with E-state index >= 15 is 0 Å². The van der Waals surface area contributed by atoms with Crippen LogP contribution in [0.15, 0.2) is 46.9 Å². The third-order valence-corrected chi connectivity index (χ3v) is 5.51. The summed E-state index contributed by atoms with van der Waals surface area (Å²) in [4.78, 5) is 12.5. The van der Waals surface area contributed by atoms with E-state index in [1.54, 1.807) is 36.4 Å². The third-order valence-electron chi connectivity index (χ3n) is 3.60. The molecule has 1 aliphatic rings. The Labute approximate surface area is 158 Å². The van der Waals surface area contributed by atoms with Crippen molar-refractivity contribution in [1.82, 2.24) is 0 Å². The number of carbonyl (C=O) groups excluding carboxylic acids is 1. The zero-order chi connectivity index (χ0) is 18.2. The third kappa shape index (κ3) is 4.08. The second-order valence-electron chi connectivity index (χ2n) is 5.51. The van der Waals surface area contributed by atoms with Crippen molar-refractivity contribution in [2.75, 3.05) is 22.4 Å². The van der Waals surface area contributed by atoms with Crippen molar-refractivity contribution in [3.8, 4) is 5.75 Å². The number of halogens is 2. The molecule has 0 aliphatic carbocycles. The standard InChI is InChI=1S/C16H14BrClN2O4S/c1-25(22,23)20-9-15(24-14-7-4-11(18)8-13(14)20)16(21)19-12-5-2-10(17)3-6-12/h2-8,15H,9H2,1H3,(H,19,21)/t15-/m1/s1. The molecule has 0 radical (unpaired) electrons. The molecule has 6 nitrogen and oxygen atoms in total. The lowest BCUT2D eigenvalue weighted by molar-refractivity contribution is -0.122. The number of fused-ring (bicyclic) bond motifs is 1. The second kappa shape index (κ2) is 6.86. The minimum absolute atomic E-state index is 0.130. The molecule has 0 bridgehead atoms. The highest BCUT2D eigenvalue weighted by Crippen LogP contribution is 2.37. The highest BCUT2D eigenvalue weighted by Gasteiger charge is 2.35.